The summed E-state index contributed by atoms with van der Waals surface area (Å²) in [5, 5.41) is 4.60. The number of nitrogens with zero attached hydrogens (tertiary/aromatic N) is 2. The summed E-state index contributed by atoms with van der Waals surface area (Å²) in [6, 6.07) is 6.91. The molecule has 0 saturated carbocycles. The second kappa shape index (κ2) is 6.72. The van der Waals surface area contributed by atoms with E-state index in [-0.39, 0.29) is 10.6 Å². The number of anilines is 1. The monoisotopic (exact) mass is 418 g/mol. The molecular weight excluding hydrogens is 404 g/mol. The van der Waals surface area contributed by atoms with Gasteiger partial charge in [0.1, 0.15) is 16.6 Å². The van der Waals surface area contributed by atoms with Gasteiger partial charge < -0.3 is 9.57 Å². The van der Waals surface area contributed by atoms with E-state index < -0.39 is 29.8 Å². The van der Waals surface area contributed by atoms with Crippen molar-refractivity contribution in [2.75, 3.05) is 12.0 Å². The van der Waals surface area contributed by atoms with Gasteiger partial charge in [-0.3, -0.25) is 9.59 Å². The third-order valence-electron chi connectivity index (χ3n) is 4.92. The van der Waals surface area contributed by atoms with Crippen LogP contribution in [0.1, 0.15) is 26.4 Å². The van der Waals surface area contributed by atoms with Gasteiger partial charge in [-0.25, -0.2) is 9.69 Å². The number of carbonyl (C=O) groups is 3. The summed E-state index contributed by atoms with van der Waals surface area (Å²) >= 11 is 7.43. The van der Waals surface area contributed by atoms with Crippen LogP contribution < -0.4 is 4.90 Å². The number of rotatable bonds is 3. The summed E-state index contributed by atoms with van der Waals surface area (Å²) < 4.78 is 4.85. The molecule has 1 aromatic carbocycles. The van der Waals surface area contributed by atoms with Gasteiger partial charge in [-0.1, -0.05) is 35.0 Å². The molecule has 1 aromatic heterocycles. The van der Waals surface area contributed by atoms with Gasteiger partial charge in [-0.05, 0) is 25.5 Å². The number of thiophene rings is 1. The van der Waals surface area contributed by atoms with Crippen molar-refractivity contribution in [3.8, 4) is 0 Å². The number of fused-ring (bicyclic) bond motifs is 1. The van der Waals surface area contributed by atoms with Crippen molar-refractivity contribution in [1.82, 2.24) is 0 Å². The van der Waals surface area contributed by atoms with Crippen molar-refractivity contribution in [2.45, 2.75) is 20.0 Å². The molecule has 9 heteroatoms. The SMILES string of the molecule is COC(=O)c1c(N2C(=O)C3ON=C(c4ccccc4Cl)C3C2=O)sc(C)c1C. The van der Waals surface area contributed by atoms with E-state index in [1.165, 1.54) is 18.4 Å². The lowest BCUT2D eigenvalue weighted by atomic mass is 9.94. The Morgan fingerprint density at radius 3 is 2.64 bits per heavy atom. The lowest BCUT2D eigenvalue weighted by molar-refractivity contribution is -0.126. The molecule has 0 spiro atoms. The van der Waals surface area contributed by atoms with Gasteiger partial charge >= 0.3 is 5.97 Å². The number of amides is 2. The first kappa shape index (κ1) is 18.6. The zero-order chi connectivity index (χ0) is 20.2. The lowest BCUT2D eigenvalue weighted by Crippen LogP contribution is -2.33. The fraction of sp³-hybridized carbons (Fsp3) is 0.263. The quantitative estimate of drug-likeness (QED) is 0.564. The number of halogens is 1. The predicted molar refractivity (Wildman–Crippen MR) is 104 cm³/mol. The maximum atomic E-state index is 13.2. The molecule has 7 nitrogen and oxygen atoms in total. The van der Waals surface area contributed by atoms with Crippen LogP contribution in [0.25, 0.3) is 0 Å². The average molecular weight is 419 g/mol. The average Bonchev–Trinajstić information content (AvgIpc) is 3.30. The number of methoxy groups -OCH3 is 1. The predicted octanol–water partition coefficient (Wildman–Crippen LogP) is 3.10. The van der Waals surface area contributed by atoms with Crippen molar-refractivity contribution in [3.05, 3.63) is 50.9 Å². The summed E-state index contributed by atoms with van der Waals surface area (Å²) in [6.07, 6.45) is -1.08. The molecule has 2 amide bonds. The molecule has 2 aliphatic rings. The van der Waals surface area contributed by atoms with Gasteiger partial charge in [0.2, 0.25) is 12.0 Å². The van der Waals surface area contributed by atoms with Crippen molar-refractivity contribution in [2.24, 2.45) is 11.1 Å². The minimum atomic E-state index is -1.08. The Morgan fingerprint density at radius 1 is 1.25 bits per heavy atom. The van der Waals surface area contributed by atoms with Gasteiger partial charge in [-0.2, -0.15) is 0 Å². The molecule has 2 aliphatic heterocycles. The number of aryl methyl sites for hydroxylation is 1. The van der Waals surface area contributed by atoms with Crippen LogP contribution in [-0.2, 0) is 19.2 Å². The Labute approximate surface area is 169 Å². The summed E-state index contributed by atoms with van der Waals surface area (Å²) in [5.41, 5.74) is 1.72. The molecule has 0 radical (unpaired) electrons. The van der Waals surface area contributed by atoms with Crippen LogP contribution in [0, 0.1) is 19.8 Å². The van der Waals surface area contributed by atoms with E-state index in [0.29, 0.717) is 21.9 Å². The van der Waals surface area contributed by atoms with Gasteiger partial charge in [0.25, 0.3) is 5.91 Å². The van der Waals surface area contributed by atoms with Gasteiger partial charge in [-0.15, -0.1) is 11.3 Å². The standard InChI is InChI=1S/C19H15ClN2O5S/c1-8-9(2)28-18(12(8)19(25)26-3)22-16(23)13-14(21-27-15(13)17(22)24)10-6-4-5-7-11(10)20/h4-7,13,15H,1-3H3. The van der Waals surface area contributed by atoms with Crippen molar-refractivity contribution in [1.29, 1.82) is 0 Å². The Morgan fingerprint density at radius 2 is 1.96 bits per heavy atom. The second-order valence-electron chi connectivity index (χ2n) is 6.43. The number of hydrogen-bond acceptors (Lipinski definition) is 7. The highest BCUT2D eigenvalue weighted by Crippen LogP contribution is 2.42. The molecule has 0 aliphatic carbocycles. The van der Waals surface area contributed by atoms with E-state index in [4.69, 9.17) is 21.2 Å². The maximum Gasteiger partial charge on any atom is 0.341 e. The minimum absolute atomic E-state index is 0.211. The zero-order valence-corrected chi connectivity index (χ0v) is 16.8. The van der Waals surface area contributed by atoms with Crippen molar-refractivity contribution < 1.29 is 24.0 Å². The van der Waals surface area contributed by atoms with E-state index in [0.717, 1.165) is 9.78 Å². The van der Waals surface area contributed by atoms with E-state index in [9.17, 15) is 14.4 Å². The Bertz CT molecular complexity index is 1060. The van der Waals surface area contributed by atoms with E-state index >= 15 is 0 Å². The highest BCUT2D eigenvalue weighted by atomic mass is 35.5. The van der Waals surface area contributed by atoms with Crippen LogP contribution in [0.3, 0.4) is 0 Å². The minimum Gasteiger partial charge on any atom is -0.465 e. The summed E-state index contributed by atoms with van der Waals surface area (Å²) in [6.45, 7) is 3.56. The smallest absolute Gasteiger partial charge is 0.341 e. The lowest BCUT2D eigenvalue weighted by Gasteiger charge is -2.15. The number of ether oxygens (including phenoxy) is 1. The number of carbonyl (C=O) groups excluding carboxylic acids is 3. The normalized spacial score (nSPS) is 20.9. The fourth-order valence-electron chi connectivity index (χ4n) is 3.38. The highest BCUT2D eigenvalue weighted by molar-refractivity contribution is 7.17. The molecule has 3 heterocycles. The fourth-order valence-corrected chi connectivity index (χ4v) is 4.77. The van der Waals surface area contributed by atoms with Crippen LogP contribution in [0.4, 0.5) is 5.00 Å². The molecular formula is C19H15ClN2O5S. The molecule has 2 atom stereocenters. The number of benzene rings is 1. The molecule has 2 aromatic rings. The first-order valence-corrected chi connectivity index (χ1v) is 9.61. The van der Waals surface area contributed by atoms with Crippen LogP contribution in [-0.4, -0.2) is 36.7 Å². The molecule has 28 heavy (non-hydrogen) atoms. The molecule has 0 bridgehead atoms. The topological polar surface area (TPSA) is 85.3 Å². The maximum absolute atomic E-state index is 13.2. The number of oxime groups is 1. The Balaban J connectivity index is 1.78. The Hall–Kier alpha value is -2.71. The molecule has 4 rings (SSSR count). The largest absolute Gasteiger partial charge is 0.465 e. The number of imide groups is 1. The zero-order valence-electron chi connectivity index (χ0n) is 15.2. The molecule has 1 fully saturated rings. The summed E-state index contributed by atoms with van der Waals surface area (Å²) in [4.78, 5) is 45.6. The third-order valence-corrected chi connectivity index (χ3v) is 6.44. The molecule has 0 N–H and O–H groups in total. The molecule has 1 saturated heterocycles. The third kappa shape index (κ3) is 2.56. The van der Waals surface area contributed by atoms with E-state index in [1.54, 1.807) is 31.2 Å². The van der Waals surface area contributed by atoms with Crippen LogP contribution in [0.15, 0.2) is 29.4 Å². The first-order valence-electron chi connectivity index (χ1n) is 8.41. The summed E-state index contributed by atoms with van der Waals surface area (Å²) in [5.74, 6) is -2.58. The first-order chi connectivity index (χ1) is 13.4. The second-order valence-corrected chi connectivity index (χ2v) is 8.04. The van der Waals surface area contributed by atoms with E-state index in [1.807, 2.05) is 6.92 Å². The Kier molecular flexibility index (Phi) is 4.47. The number of esters is 1. The highest BCUT2D eigenvalue weighted by Gasteiger charge is 2.57. The van der Waals surface area contributed by atoms with Gasteiger partial charge in [0, 0.05) is 15.5 Å². The van der Waals surface area contributed by atoms with Crippen molar-refractivity contribution >= 4 is 51.4 Å². The van der Waals surface area contributed by atoms with Crippen molar-refractivity contribution in [3.63, 3.8) is 0 Å². The van der Waals surface area contributed by atoms with Gasteiger partial charge in [0.15, 0.2) is 0 Å². The number of hydrogen-bond donors (Lipinski definition) is 0. The molecule has 144 valence electrons. The van der Waals surface area contributed by atoms with Crippen LogP contribution in [0.5, 0.6) is 0 Å². The van der Waals surface area contributed by atoms with Crippen LogP contribution >= 0.6 is 22.9 Å². The van der Waals surface area contributed by atoms with Crippen LogP contribution in [0.2, 0.25) is 5.02 Å². The summed E-state index contributed by atoms with van der Waals surface area (Å²) in [7, 11) is 1.26. The van der Waals surface area contributed by atoms with Gasteiger partial charge in [0.05, 0.1) is 12.7 Å². The van der Waals surface area contributed by atoms with E-state index in [2.05, 4.69) is 5.16 Å². The molecule has 2 unspecified atom stereocenters.